The molecular weight excluding hydrogens is 432 g/mol. The number of furan rings is 1. The second kappa shape index (κ2) is 10.2. The summed E-state index contributed by atoms with van der Waals surface area (Å²) in [4.78, 5) is 26.6. The monoisotopic (exact) mass is 456 g/mol. The molecule has 4 rings (SSSR count). The first kappa shape index (κ1) is 22.4. The maximum absolute atomic E-state index is 13.4. The average molecular weight is 457 g/mol. The van der Waals surface area contributed by atoms with E-state index in [0.29, 0.717) is 5.69 Å². The summed E-state index contributed by atoms with van der Waals surface area (Å²) in [7, 11) is 0. The van der Waals surface area contributed by atoms with Crippen LogP contribution in [0.15, 0.2) is 101 Å². The summed E-state index contributed by atoms with van der Waals surface area (Å²) in [5.74, 6) is -0.189. The van der Waals surface area contributed by atoms with E-state index in [9.17, 15) is 9.59 Å². The number of anilines is 2. The van der Waals surface area contributed by atoms with E-state index in [-0.39, 0.29) is 17.6 Å². The molecule has 0 saturated heterocycles. The van der Waals surface area contributed by atoms with Crippen LogP contribution in [0.3, 0.4) is 0 Å². The Morgan fingerprint density at radius 3 is 2.24 bits per heavy atom. The van der Waals surface area contributed by atoms with Gasteiger partial charge in [-0.2, -0.15) is 0 Å². The minimum absolute atomic E-state index is 0.103. The highest BCUT2D eigenvalue weighted by atomic mass is 32.2. The van der Waals surface area contributed by atoms with Crippen LogP contribution in [0.25, 0.3) is 0 Å². The van der Waals surface area contributed by atoms with Crippen molar-refractivity contribution in [2.75, 3.05) is 10.6 Å². The van der Waals surface area contributed by atoms with E-state index in [1.807, 2.05) is 80.6 Å². The van der Waals surface area contributed by atoms with Gasteiger partial charge in [0.25, 0.3) is 5.91 Å². The van der Waals surface area contributed by atoms with Gasteiger partial charge in [0, 0.05) is 16.3 Å². The number of amides is 2. The van der Waals surface area contributed by atoms with Crippen molar-refractivity contribution in [3.8, 4) is 0 Å². The molecule has 1 aromatic heterocycles. The molecule has 0 radical (unpaired) electrons. The molecule has 6 heteroatoms. The van der Waals surface area contributed by atoms with Crippen molar-refractivity contribution < 1.29 is 14.0 Å². The first-order valence-corrected chi connectivity index (χ1v) is 11.4. The van der Waals surface area contributed by atoms with Gasteiger partial charge in [0.15, 0.2) is 5.76 Å². The third-order valence-corrected chi connectivity index (χ3v) is 6.41. The zero-order valence-corrected chi connectivity index (χ0v) is 19.2. The summed E-state index contributed by atoms with van der Waals surface area (Å²) in [6, 6.07) is 26.3. The normalized spacial score (nSPS) is 11.6. The highest BCUT2D eigenvalue weighted by Crippen LogP contribution is 2.37. The van der Waals surface area contributed by atoms with Gasteiger partial charge in [-0.25, -0.2) is 0 Å². The molecule has 4 aromatic rings. The molecule has 33 heavy (non-hydrogen) atoms. The van der Waals surface area contributed by atoms with Crippen LogP contribution in [0, 0.1) is 13.8 Å². The van der Waals surface area contributed by atoms with E-state index < -0.39 is 5.25 Å². The van der Waals surface area contributed by atoms with Gasteiger partial charge >= 0.3 is 0 Å². The molecule has 5 nitrogen and oxygen atoms in total. The summed E-state index contributed by atoms with van der Waals surface area (Å²) in [5, 5.41) is 5.48. The van der Waals surface area contributed by atoms with Gasteiger partial charge in [-0.05, 0) is 60.9 Å². The van der Waals surface area contributed by atoms with Crippen molar-refractivity contribution in [1.29, 1.82) is 0 Å². The Hall–Kier alpha value is -3.77. The lowest BCUT2D eigenvalue weighted by Crippen LogP contribution is -2.20. The summed E-state index contributed by atoms with van der Waals surface area (Å²) < 4.78 is 5.16. The number of hydrogen-bond donors (Lipinski definition) is 2. The molecular formula is C27H24N2O3S. The molecule has 0 bridgehead atoms. The topological polar surface area (TPSA) is 71.3 Å². The predicted octanol–water partition coefficient (Wildman–Crippen LogP) is 6.62. The van der Waals surface area contributed by atoms with E-state index in [1.54, 1.807) is 18.2 Å². The molecule has 2 amide bonds. The molecule has 0 aliphatic heterocycles. The van der Waals surface area contributed by atoms with Gasteiger partial charge < -0.3 is 15.1 Å². The molecule has 0 aliphatic rings. The smallest absolute Gasteiger partial charge is 0.291 e. The van der Waals surface area contributed by atoms with E-state index in [4.69, 9.17) is 4.42 Å². The molecule has 1 unspecified atom stereocenters. The van der Waals surface area contributed by atoms with Crippen LogP contribution in [-0.2, 0) is 4.79 Å². The van der Waals surface area contributed by atoms with Crippen LogP contribution in [0.5, 0.6) is 0 Å². The van der Waals surface area contributed by atoms with Crippen LogP contribution < -0.4 is 10.6 Å². The maximum Gasteiger partial charge on any atom is 0.291 e. The van der Waals surface area contributed by atoms with Gasteiger partial charge in [-0.1, -0.05) is 54.6 Å². The number of carbonyl (C=O) groups is 2. The van der Waals surface area contributed by atoms with Crippen LogP contribution in [0.1, 0.15) is 32.5 Å². The molecule has 1 heterocycles. The molecule has 0 aliphatic carbocycles. The Bertz CT molecular complexity index is 1230. The molecule has 2 N–H and O–H groups in total. The number of hydrogen-bond acceptors (Lipinski definition) is 4. The third-order valence-electron chi connectivity index (χ3n) is 5.16. The first-order chi connectivity index (χ1) is 16.0. The van der Waals surface area contributed by atoms with Crippen LogP contribution in [-0.4, -0.2) is 11.8 Å². The summed E-state index contributed by atoms with van der Waals surface area (Å²) in [6.45, 7) is 3.97. The SMILES string of the molecule is Cc1cccc(C)c1NC(=O)C(Sc1cccc(NC(=O)c2ccco2)c1)c1ccccc1. The Balaban J connectivity index is 1.57. The molecule has 1 atom stereocenters. The molecule has 166 valence electrons. The summed E-state index contributed by atoms with van der Waals surface area (Å²) >= 11 is 1.43. The fourth-order valence-corrected chi connectivity index (χ4v) is 4.57. The molecule has 0 spiro atoms. The number of aryl methyl sites for hydroxylation is 2. The lowest BCUT2D eigenvalue weighted by molar-refractivity contribution is -0.115. The van der Waals surface area contributed by atoms with E-state index in [0.717, 1.165) is 27.3 Å². The van der Waals surface area contributed by atoms with Crippen LogP contribution in [0.4, 0.5) is 11.4 Å². The zero-order valence-electron chi connectivity index (χ0n) is 18.4. The van der Waals surface area contributed by atoms with E-state index >= 15 is 0 Å². The van der Waals surface area contributed by atoms with Gasteiger partial charge in [-0.15, -0.1) is 11.8 Å². The molecule has 0 saturated carbocycles. The third kappa shape index (κ3) is 5.54. The Morgan fingerprint density at radius 1 is 0.818 bits per heavy atom. The Morgan fingerprint density at radius 2 is 1.55 bits per heavy atom. The van der Waals surface area contributed by atoms with Crippen molar-refractivity contribution in [1.82, 2.24) is 0 Å². The van der Waals surface area contributed by atoms with Crippen molar-refractivity contribution in [2.45, 2.75) is 24.0 Å². The highest BCUT2D eigenvalue weighted by Gasteiger charge is 2.23. The Labute approximate surface area is 197 Å². The fraction of sp³-hybridized carbons (Fsp3) is 0.111. The number of carbonyl (C=O) groups excluding carboxylic acids is 2. The highest BCUT2D eigenvalue weighted by molar-refractivity contribution is 8.00. The van der Waals surface area contributed by atoms with Crippen molar-refractivity contribution >= 4 is 35.0 Å². The van der Waals surface area contributed by atoms with Crippen molar-refractivity contribution in [3.63, 3.8) is 0 Å². The van der Waals surface area contributed by atoms with E-state index in [2.05, 4.69) is 10.6 Å². The number of thioether (sulfide) groups is 1. The lowest BCUT2D eigenvalue weighted by atomic mass is 10.1. The lowest BCUT2D eigenvalue weighted by Gasteiger charge is -2.19. The Kier molecular flexibility index (Phi) is 6.95. The van der Waals surface area contributed by atoms with Gasteiger partial charge in [-0.3, -0.25) is 9.59 Å². The largest absolute Gasteiger partial charge is 0.459 e. The number of benzene rings is 3. The van der Waals surface area contributed by atoms with E-state index in [1.165, 1.54) is 18.0 Å². The van der Waals surface area contributed by atoms with Crippen molar-refractivity contribution in [3.05, 3.63) is 114 Å². The van der Waals surface area contributed by atoms with Gasteiger partial charge in [0.1, 0.15) is 5.25 Å². The van der Waals surface area contributed by atoms with Crippen LogP contribution in [0.2, 0.25) is 0 Å². The van der Waals surface area contributed by atoms with Crippen molar-refractivity contribution in [2.24, 2.45) is 0 Å². The maximum atomic E-state index is 13.4. The molecule has 3 aromatic carbocycles. The minimum atomic E-state index is -0.471. The second-order valence-corrected chi connectivity index (χ2v) is 8.80. The van der Waals surface area contributed by atoms with Gasteiger partial charge in [0.2, 0.25) is 5.91 Å². The predicted molar refractivity (Wildman–Crippen MR) is 133 cm³/mol. The first-order valence-electron chi connectivity index (χ1n) is 10.5. The van der Waals surface area contributed by atoms with Crippen LogP contribution >= 0.6 is 11.8 Å². The minimum Gasteiger partial charge on any atom is -0.459 e. The number of para-hydroxylation sites is 1. The fourth-order valence-electron chi connectivity index (χ4n) is 3.48. The standard InChI is InChI=1S/C27H24N2O3S/c1-18-9-6-10-19(2)24(18)29-27(31)25(20-11-4-3-5-12-20)33-22-14-7-13-21(17-22)28-26(30)23-15-8-16-32-23/h3-17,25H,1-2H3,(H,28,30)(H,29,31). The second-order valence-electron chi connectivity index (χ2n) is 7.62. The average Bonchev–Trinajstić information content (AvgIpc) is 3.36. The zero-order chi connectivity index (χ0) is 23.2. The molecule has 0 fully saturated rings. The summed E-state index contributed by atoms with van der Waals surface area (Å²) in [6.07, 6.45) is 1.46. The summed E-state index contributed by atoms with van der Waals surface area (Å²) in [5.41, 5.74) is 4.40. The van der Waals surface area contributed by atoms with Gasteiger partial charge in [0.05, 0.1) is 6.26 Å². The quantitative estimate of drug-likeness (QED) is 0.307. The number of rotatable bonds is 7. The number of nitrogens with one attached hydrogen (secondary N) is 2.